The van der Waals surface area contributed by atoms with E-state index in [1.54, 1.807) is 0 Å². The third-order valence-electron chi connectivity index (χ3n) is 1.46. The molecule has 0 atom stereocenters. The van der Waals surface area contributed by atoms with Crippen LogP contribution in [0.3, 0.4) is 0 Å². The van der Waals surface area contributed by atoms with Crippen molar-refractivity contribution >= 4 is 11.7 Å². The Morgan fingerprint density at radius 2 is 2.22 bits per heavy atom. The third-order valence-corrected chi connectivity index (χ3v) is 1.99. The Kier molecular flexibility index (Phi) is 0.958. The zero-order chi connectivity index (χ0) is 6.27. The van der Waals surface area contributed by atoms with E-state index in [0.717, 1.165) is 17.4 Å². The minimum Gasteiger partial charge on any atom is -0.491 e. The third kappa shape index (κ3) is 0.790. The maximum Gasteiger partial charge on any atom is 0.246 e. The second-order valence-corrected chi connectivity index (χ2v) is 2.78. The molecule has 0 aromatic carbocycles. The van der Waals surface area contributed by atoms with Crippen LogP contribution in [0.1, 0.15) is 24.5 Å². The summed E-state index contributed by atoms with van der Waals surface area (Å²) in [4.78, 5) is 0. The van der Waals surface area contributed by atoms with E-state index in [4.69, 9.17) is 5.11 Å². The highest BCUT2D eigenvalue weighted by Gasteiger charge is 2.29. The lowest BCUT2D eigenvalue weighted by molar-refractivity contribution is 0.451. The second-order valence-electron chi connectivity index (χ2n) is 2.25. The maximum absolute atomic E-state index is 9.00. The predicted molar refractivity (Wildman–Crippen MR) is 33.5 cm³/mol. The van der Waals surface area contributed by atoms with Crippen LogP contribution in [0.25, 0.3) is 0 Å². The van der Waals surface area contributed by atoms with Gasteiger partial charge in [-0.2, -0.15) is 4.37 Å². The second kappa shape index (κ2) is 1.67. The Labute approximate surface area is 56.7 Å². The van der Waals surface area contributed by atoms with Crippen LogP contribution in [0.4, 0.5) is 0 Å². The summed E-state index contributed by atoms with van der Waals surface area (Å²) in [6, 6.07) is 0. The van der Waals surface area contributed by atoms with E-state index in [9.17, 15) is 0 Å². The lowest BCUT2D eigenvalue weighted by Gasteiger charge is -1.85. The summed E-state index contributed by atoms with van der Waals surface area (Å²) in [5.41, 5.74) is 0.806. The van der Waals surface area contributed by atoms with Crippen LogP contribution >= 0.6 is 11.7 Å². The number of nitrogens with zero attached hydrogens (tertiary/aromatic N) is 2. The van der Waals surface area contributed by atoms with Crippen molar-refractivity contribution in [2.24, 2.45) is 0 Å². The van der Waals surface area contributed by atoms with E-state index in [-0.39, 0.29) is 5.88 Å². The number of hydrogen-bond donors (Lipinski definition) is 1. The normalized spacial score (nSPS) is 18.2. The van der Waals surface area contributed by atoms with E-state index in [2.05, 4.69) is 8.75 Å². The standard InChI is InChI=1S/C5H6N2OS/c8-5-4(3-1-2-3)6-9-7-5/h3H,1-2H2,(H,7,8). The molecule has 1 fully saturated rings. The maximum atomic E-state index is 9.00. The lowest BCUT2D eigenvalue weighted by Crippen LogP contribution is -1.76. The van der Waals surface area contributed by atoms with Gasteiger partial charge in [-0.1, -0.05) is 0 Å². The van der Waals surface area contributed by atoms with Gasteiger partial charge in [-0.05, 0) is 12.8 Å². The Morgan fingerprint density at radius 3 is 2.67 bits per heavy atom. The van der Waals surface area contributed by atoms with Gasteiger partial charge in [0.25, 0.3) is 0 Å². The van der Waals surface area contributed by atoms with Gasteiger partial charge in [-0.3, -0.25) is 0 Å². The first-order valence-electron chi connectivity index (χ1n) is 2.89. The van der Waals surface area contributed by atoms with Crippen molar-refractivity contribution in [1.82, 2.24) is 8.75 Å². The molecule has 0 bridgehead atoms. The van der Waals surface area contributed by atoms with Crippen molar-refractivity contribution in [1.29, 1.82) is 0 Å². The van der Waals surface area contributed by atoms with Crippen LogP contribution in [0.2, 0.25) is 0 Å². The minimum atomic E-state index is 0.141. The fourth-order valence-corrected chi connectivity index (χ4v) is 1.33. The predicted octanol–water partition coefficient (Wildman–Crippen LogP) is 1.12. The van der Waals surface area contributed by atoms with Crippen LogP contribution in [-0.2, 0) is 0 Å². The number of hydrogen-bond acceptors (Lipinski definition) is 4. The van der Waals surface area contributed by atoms with Gasteiger partial charge < -0.3 is 5.11 Å². The van der Waals surface area contributed by atoms with Crippen LogP contribution in [0, 0.1) is 0 Å². The molecule has 1 aromatic heterocycles. The van der Waals surface area contributed by atoms with Crippen LogP contribution < -0.4 is 0 Å². The molecule has 1 aromatic rings. The molecule has 1 aliphatic rings. The van der Waals surface area contributed by atoms with Gasteiger partial charge in [-0.25, -0.2) is 0 Å². The summed E-state index contributed by atoms with van der Waals surface area (Å²) >= 11 is 1.08. The van der Waals surface area contributed by atoms with Gasteiger partial charge in [0, 0.05) is 5.92 Å². The number of aromatic hydroxyl groups is 1. The fourth-order valence-electron chi connectivity index (χ4n) is 0.805. The molecule has 0 radical (unpaired) electrons. The Hall–Kier alpha value is -0.640. The smallest absolute Gasteiger partial charge is 0.246 e. The summed E-state index contributed by atoms with van der Waals surface area (Å²) in [5.74, 6) is 0.659. The molecular weight excluding hydrogens is 136 g/mol. The topological polar surface area (TPSA) is 46.0 Å². The molecule has 2 rings (SSSR count). The largest absolute Gasteiger partial charge is 0.491 e. The van der Waals surface area contributed by atoms with Crippen molar-refractivity contribution in [3.05, 3.63) is 5.69 Å². The van der Waals surface area contributed by atoms with Crippen LogP contribution in [-0.4, -0.2) is 13.9 Å². The highest BCUT2D eigenvalue weighted by atomic mass is 32.1. The van der Waals surface area contributed by atoms with Crippen molar-refractivity contribution < 1.29 is 5.11 Å². The van der Waals surface area contributed by atoms with Gasteiger partial charge >= 0.3 is 0 Å². The minimum absolute atomic E-state index is 0.141. The van der Waals surface area contributed by atoms with Crippen molar-refractivity contribution in [3.63, 3.8) is 0 Å². The Bertz CT molecular complexity index is 218. The summed E-state index contributed by atoms with van der Waals surface area (Å²) in [6.07, 6.45) is 2.33. The molecule has 1 heterocycles. The van der Waals surface area contributed by atoms with Crippen LogP contribution in [0.5, 0.6) is 5.88 Å². The van der Waals surface area contributed by atoms with Crippen molar-refractivity contribution in [2.45, 2.75) is 18.8 Å². The average Bonchev–Trinajstić information content (AvgIpc) is 2.58. The molecule has 1 N–H and O–H groups in total. The molecule has 0 amide bonds. The molecule has 4 heteroatoms. The van der Waals surface area contributed by atoms with Gasteiger partial charge in [0.05, 0.1) is 11.7 Å². The van der Waals surface area contributed by atoms with Crippen LogP contribution in [0.15, 0.2) is 0 Å². The Morgan fingerprint density at radius 1 is 1.44 bits per heavy atom. The number of rotatable bonds is 1. The molecular formula is C5H6N2OS. The van der Waals surface area contributed by atoms with Crippen molar-refractivity contribution in [2.75, 3.05) is 0 Å². The van der Waals surface area contributed by atoms with E-state index >= 15 is 0 Å². The lowest BCUT2D eigenvalue weighted by atomic mass is 10.3. The zero-order valence-electron chi connectivity index (χ0n) is 4.74. The van der Waals surface area contributed by atoms with E-state index in [1.165, 1.54) is 12.8 Å². The quantitative estimate of drug-likeness (QED) is 0.639. The zero-order valence-corrected chi connectivity index (χ0v) is 5.56. The van der Waals surface area contributed by atoms with Gasteiger partial charge in [0.2, 0.25) is 5.88 Å². The summed E-state index contributed by atoms with van der Waals surface area (Å²) < 4.78 is 7.62. The molecule has 1 aliphatic carbocycles. The SMILES string of the molecule is Oc1nsnc1C1CC1. The Balaban J connectivity index is 2.35. The monoisotopic (exact) mass is 142 g/mol. The first-order valence-corrected chi connectivity index (χ1v) is 3.62. The molecule has 1 saturated carbocycles. The van der Waals surface area contributed by atoms with Crippen molar-refractivity contribution in [3.8, 4) is 5.88 Å². The summed E-state index contributed by atoms with van der Waals surface area (Å²) in [5, 5.41) is 9.00. The average molecular weight is 142 g/mol. The molecule has 0 unspecified atom stereocenters. The number of aromatic nitrogens is 2. The first-order chi connectivity index (χ1) is 4.38. The molecule has 0 aliphatic heterocycles. The fraction of sp³-hybridized carbons (Fsp3) is 0.600. The molecule has 0 saturated heterocycles. The summed E-state index contributed by atoms with van der Waals surface area (Å²) in [7, 11) is 0. The van der Waals surface area contributed by atoms with E-state index in [0.29, 0.717) is 5.92 Å². The molecule has 9 heavy (non-hydrogen) atoms. The molecule has 0 spiro atoms. The van der Waals surface area contributed by atoms with Gasteiger partial charge in [0.1, 0.15) is 5.69 Å². The van der Waals surface area contributed by atoms with E-state index < -0.39 is 0 Å². The van der Waals surface area contributed by atoms with Gasteiger partial charge in [0.15, 0.2) is 0 Å². The first kappa shape index (κ1) is 5.17. The highest BCUT2D eigenvalue weighted by molar-refractivity contribution is 6.99. The van der Waals surface area contributed by atoms with Gasteiger partial charge in [-0.15, -0.1) is 4.37 Å². The van der Waals surface area contributed by atoms with E-state index in [1.807, 2.05) is 0 Å². The highest BCUT2D eigenvalue weighted by Crippen LogP contribution is 2.42. The summed E-state index contributed by atoms with van der Waals surface area (Å²) in [6.45, 7) is 0. The molecule has 48 valence electrons. The molecule has 3 nitrogen and oxygen atoms in total.